The smallest absolute Gasteiger partial charge is 0.336 e. The van der Waals surface area contributed by atoms with Crippen LogP contribution < -0.4 is 5.32 Å². The second-order valence-electron chi connectivity index (χ2n) is 5.85. The summed E-state index contributed by atoms with van der Waals surface area (Å²) in [5.41, 5.74) is 0.197. The molecule has 3 amide bonds. The first-order chi connectivity index (χ1) is 11.1. The van der Waals surface area contributed by atoms with Crippen molar-refractivity contribution < 1.29 is 19.5 Å². The van der Waals surface area contributed by atoms with Gasteiger partial charge < -0.3 is 20.2 Å². The van der Waals surface area contributed by atoms with Gasteiger partial charge in [-0.25, -0.2) is 9.59 Å². The summed E-state index contributed by atoms with van der Waals surface area (Å²) in [5, 5.41) is 12.1. The number of carbonyl (C=O) groups is 3. The van der Waals surface area contributed by atoms with Gasteiger partial charge in [0.2, 0.25) is 0 Å². The highest BCUT2D eigenvalue weighted by molar-refractivity contribution is 6.04. The van der Waals surface area contributed by atoms with Crippen molar-refractivity contribution in [1.29, 1.82) is 0 Å². The van der Waals surface area contributed by atoms with E-state index in [-0.39, 0.29) is 23.1 Å². The summed E-state index contributed by atoms with van der Waals surface area (Å²) < 4.78 is 0. The van der Waals surface area contributed by atoms with E-state index in [1.165, 1.54) is 12.1 Å². The highest BCUT2D eigenvalue weighted by Gasteiger charge is 2.30. The minimum atomic E-state index is -1.11. The van der Waals surface area contributed by atoms with Crippen molar-refractivity contribution in [2.75, 3.05) is 26.2 Å². The molecule has 2 N–H and O–H groups in total. The van der Waals surface area contributed by atoms with Crippen LogP contribution in [0.4, 0.5) is 4.79 Å². The molecule has 23 heavy (non-hydrogen) atoms. The lowest BCUT2D eigenvalue weighted by Gasteiger charge is -2.35. The molecule has 2 aliphatic rings. The van der Waals surface area contributed by atoms with Crippen molar-refractivity contribution in [2.24, 2.45) is 0 Å². The van der Waals surface area contributed by atoms with Crippen molar-refractivity contribution in [3.05, 3.63) is 35.4 Å². The predicted octanol–water partition coefficient (Wildman–Crippen LogP) is 1.01. The molecule has 0 radical (unpaired) electrons. The fourth-order valence-corrected chi connectivity index (χ4v) is 2.63. The molecule has 7 heteroatoms. The number of nitrogens with one attached hydrogen (secondary N) is 1. The fraction of sp³-hybridized carbons (Fsp3) is 0.438. The number of amides is 3. The zero-order chi connectivity index (χ0) is 16.4. The molecule has 1 aromatic rings. The van der Waals surface area contributed by atoms with Gasteiger partial charge in [-0.15, -0.1) is 0 Å². The third-order valence-electron chi connectivity index (χ3n) is 4.15. The average molecular weight is 317 g/mol. The van der Waals surface area contributed by atoms with Crippen LogP contribution in [0.5, 0.6) is 0 Å². The van der Waals surface area contributed by atoms with Crippen LogP contribution in [0.3, 0.4) is 0 Å². The van der Waals surface area contributed by atoms with Gasteiger partial charge in [0.1, 0.15) is 0 Å². The van der Waals surface area contributed by atoms with E-state index < -0.39 is 5.97 Å². The lowest BCUT2D eigenvalue weighted by atomic mass is 10.1. The van der Waals surface area contributed by atoms with E-state index >= 15 is 0 Å². The summed E-state index contributed by atoms with van der Waals surface area (Å²) >= 11 is 0. The topological polar surface area (TPSA) is 90.0 Å². The Balaban J connectivity index is 1.62. The molecule has 122 valence electrons. The van der Waals surface area contributed by atoms with Crippen LogP contribution in [0, 0.1) is 0 Å². The number of hydrogen-bond donors (Lipinski definition) is 2. The summed E-state index contributed by atoms with van der Waals surface area (Å²) in [7, 11) is 0. The maximum atomic E-state index is 12.5. The molecule has 1 aliphatic carbocycles. The maximum Gasteiger partial charge on any atom is 0.336 e. The molecule has 1 saturated carbocycles. The van der Waals surface area contributed by atoms with Gasteiger partial charge in [0.15, 0.2) is 0 Å². The molecule has 0 spiro atoms. The summed E-state index contributed by atoms with van der Waals surface area (Å²) in [4.78, 5) is 39.0. The van der Waals surface area contributed by atoms with Crippen LogP contribution in [0.2, 0.25) is 0 Å². The number of rotatable bonds is 3. The van der Waals surface area contributed by atoms with E-state index in [9.17, 15) is 19.5 Å². The molecule has 7 nitrogen and oxygen atoms in total. The van der Waals surface area contributed by atoms with Crippen LogP contribution in [0.25, 0.3) is 0 Å². The van der Waals surface area contributed by atoms with Crippen molar-refractivity contribution in [2.45, 2.75) is 18.9 Å². The lowest BCUT2D eigenvalue weighted by molar-refractivity contribution is 0.0637. The van der Waals surface area contributed by atoms with E-state index in [0.29, 0.717) is 32.2 Å². The molecule has 0 aromatic heterocycles. The highest BCUT2D eigenvalue weighted by atomic mass is 16.4. The number of piperazine rings is 1. The van der Waals surface area contributed by atoms with Crippen molar-refractivity contribution in [3.8, 4) is 0 Å². The second kappa shape index (κ2) is 6.28. The van der Waals surface area contributed by atoms with Crippen LogP contribution in [-0.4, -0.2) is 65.0 Å². The summed E-state index contributed by atoms with van der Waals surface area (Å²) in [6, 6.07) is 6.43. The zero-order valence-corrected chi connectivity index (χ0v) is 12.7. The lowest BCUT2D eigenvalue weighted by Crippen LogP contribution is -2.53. The number of carboxylic acid groups (broad SMARTS) is 1. The molecule has 1 aliphatic heterocycles. The SMILES string of the molecule is O=C(O)c1ccccc1C(=O)N1CCN(C(=O)NC2CC2)CC1. The number of aromatic carboxylic acids is 1. The second-order valence-corrected chi connectivity index (χ2v) is 5.85. The molecule has 3 rings (SSSR count). The first-order valence-corrected chi connectivity index (χ1v) is 7.73. The Morgan fingerprint density at radius 3 is 2.09 bits per heavy atom. The largest absolute Gasteiger partial charge is 0.478 e. The standard InChI is InChI=1S/C16H19N3O4/c20-14(12-3-1-2-4-13(12)15(21)22)18-7-9-19(10-8-18)16(23)17-11-5-6-11/h1-4,11H,5-10H2,(H,17,23)(H,21,22). The molecule has 1 saturated heterocycles. The van der Waals surface area contributed by atoms with E-state index in [0.717, 1.165) is 12.8 Å². The van der Waals surface area contributed by atoms with Gasteiger partial charge in [-0.05, 0) is 25.0 Å². The molecule has 0 bridgehead atoms. The first kappa shape index (κ1) is 15.3. The molecular weight excluding hydrogens is 298 g/mol. The monoisotopic (exact) mass is 317 g/mol. The normalized spacial score (nSPS) is 17.7. The minimum absolute atomic E-state index is 0.00593. The fourth-order valence-electron chi connectivity index (χ4n) is 2.63. The molecule has 2 fully saturated rings. The number of benzene rings is 1. The van der Waals surface area contributed by atoms with Gasteiger partial charge >= 0.3 is 12.0 Å². The molecule has 0 unspecified atom stereocenters. The van der Waals surface area contributed by atoms with Crippen LogP contribution in [0.1, 0.15) is 33.6 Å². The molecule has 1 aromatic carbocycles. The van der Waals surface area contributed by atoms with Gasteiger partial charge in [0, 0.05) is 32.2 Å². The van der Waals surface area contributed by atoms with Crippen molar-refractivity contribution >= 4 is 17.9 Å². The number of carbonyl (C=O) groups excluding carboxylic acids is 2. The van der Waals surface area contributed by atoms with Gasteiger partial charge in [-0.3, -0.25) is 4.79 Å². The summed E-state index contributed by atoms with van der Waals surface area (Å²) in [6.45, 7) is 1.73. The summed E-state index contributed by atoms with van der Waals surface area (Å²) in [6.07, 6.45) is 2.08. The Hall–Kier alpha value is -2.57. The predicted molar refractivity (Wildman–Crippen MR) is 82.4 cm³/mol. The Morgan fingerprint density at radius 1 is 0.957 bits per heavy atom. The quantitative estimate of drug-likeness (QED) is 0.871. The van der Waals surface area contributed by atoms with E-state index in [1.807, 2.05) is 0 Å². The van der Waals surface area contributed by atoms with Gasteiger partial charge in [-0.1, -0.05) is 12.1 Å². The third-order valence-corrected chi connectivity index (χ3v) is 4.15. The minimum Gasteiger partial charge on any atom is -0.478 e. The maximum absolute atomic E-state index is 12.5. The highest BCUT2D eigenvalue weighted by Crippen LogP contribution is 2.19. The number of carboxylic acids is 1. The molecule has 1 heterocycles. The Kier molecular flexibility index (Phi) is 4.18. The Bertz CT molecular complexity index is 634. The average Bonchev–Trinajstić information content (AvgIpc) is 3.38. The van der Waals surface area contributed by atoms with Gasteiger partial charge in [-0.2, -0.15) is 0 Å². The molecule has 0 atom stereocenters. The van der Waals surface area contributed by atoms with Crippen LogP contribution >= 0.6 is 0 Å². The van der Waals surface area contributed by atoms with Crippen molar-refractivity contribution in [1.82, 2.24) is 15.1 Å². The van der Waals surface area contributed by atoms with E-state index in [4.69, 9.17) is 0 Å². The third kappa shape index (κ3) is 3.44. The summed E-state index contributed by atoms with van der Waals surface area (Å²) in [5.74, 6) is -1.42. The number of nitrogens with zero attached hydrogens (tertiary/aromatic N) is 2. The zero-order valence-electron chi connectivity index (χ0n) is 12.7. The van der Waals surface area contributed by atoms with Gasteiger partial charge in [0.25, 0.3) is 5.91 Å². The molecular formula is C16H19N3O4. The Labute approximate surface area is 133 Å². The van der Waals surface area contributed by atoms with Gasteiger partial charge in [0.05, 0.1) is 11.1 Å². The van der Waals surface area contributed by atoms with Crippen LogP contribution in [0.15, 0.2) is 24.3 Å². The van der Waals surface area contributed by atoms with Crippen LogP contribution in [-0.2, 0) is 0 Å². The van der Waals surface area contributed by atoms with E-state index in [1.54, 1.807) is 21.9 Å². The Morgan fingerprint density at radius 2 is 1.52 bits per heavy atom. The number of urea groups is 1. The first-order valence-electron chi connectivity index (χ1n) is 7.73. The van der Waals surface area contributed by atoms with E-state index in [2.05, 4.69) is 5.32 Å². The number of hydrogen-bond acceptors (Lipinski definition) is 3. The van der Waals surface area contributed by atoms with Crippen molar-refractivity contribution in [3.63, 3.8) is 0 Å².